The zero-order valence-electron chi connectivity index (χ0n) is 8.46. The first-order valence-corrected chi connectivity index (χ1v) is 4.95. The molecule has 2 nitrogen and oxygen atoms in total. The van der Waals surface area contributed by atoms with E-state index in [4.69, 9.17) is 11.6 Å². The van der Waals surface area contributed by atoms with Crippen LogP contribution in [0.4, 0.5) is 4.39 Å². The lowest BCUT2D eigenvalue weighted by Gasteiger charge is -2.03. The second-order valence-corrected chi connectivity index (χ2v) is 3.75. The Bertz CT molecular complexity index is 488. The third kappa shape index (κ3) is 1.75. The summed E-state index contributed by atoms with van der Waals surface area (Å²) in [5, 5.41) is 4.92. The van der Waals surface area contributed by atoms with E-state index in [9.17, 15) is 4.39 Å². The zero-order valence-corrected chi connectivity index (χ0v) is 9.22. The SMILES string of the molecule is Cc1nn(-c2ccc(F)cc2)c(C)c1Cl. The zero-order chi connectivity index (χ0) is 11.0. The Kier molecular flexibility index (Phi) is 2.49. The number of hydrogen-bond acceptors (Lipinski definition) is 1. The van der Waals surface area contributed by atoms with Gasteiger partial charge in [0.15, 0.2) is 0 Å². The van der Waals surface area contributed by atoms with E-state index in [2.05, 4.69) is 5.10 Å². The van der Waals surface area contributed by atoms with E-state index in [0.29, 0.717) is 5.02 Å². The smallest absolute Gasteiger partial charge is 0.123 e. The molecule has 0 amide bonds. The highest BCUT2D eigenvalue weighted by Crippen LogP contribution is 2.22. The molecule has 0 aliphatic heterocycles. The number of hydrogen-bond donors (Lipinski definition) is 0. The number of rotatable bonds is 1. The Morgan fingerprint density at radius 1 is 1.20 bits per heavy atom. The van der Waals surface area contributed by atoms with Gasteiger partial charge >= 0.3 is 0 Å². The van der Waals surface area contributed by atoms with Gasteiger partial charge in [-0.15, -0.1) is 0 Å². The average molecular weight is 225 g/mol. The monoisotopic (exact) mass is 224 g/mol. The summed E-state index contributed by atoms with van der Waals surface area (Å²) in [6, 6.07) is 6.15. The molecule has 2 rings (SSSR count). The molecule has 0 saturated heterocycles. The van der Waals surface area contributed by atoms with Gasteiger partial charge in [0.2, 0.25) is 0 Å². The summed E-state index contributed by atoms with van der Waals surface area (Å²) in [5.41, 5.74) is 2.45. The molecule has 2 aromatic rings. The van der Waals surface area contributed by atoms with Crippen molar-refractivity contribution in [2.24, 2.45) is 0 Å². The van der Waals surface area contributed by atoms with Gasteiger partial charge in [-0.25, -0.2) is 9.07 Å². The fraction of sp³-hybridized carbons (Fsp3) is 0.182. The molecule has 4 heteroatoms. The standard InChI is InChI=1S/C11H10ClFN2/c1-7-11(12)8(2)15(14-7)10-5-3-9(13)4-6-10/h3-6H,1-2H3. The molecule has 0 unspecified atom stereocenters. The lowest BCUT2D eigenvalue weighted by Crippen LogP contribution is -1.98. The Labute approximate surface area is 92.3 Å². The largest absolute Gasteiger partial charge is 0.236 e. The van der Waals surface area contributed by atoms with Crippen molar-refractivity contribution in [3.63, 3.8) is 0 Å². The van der Waals surface area contributed by atoms with Gasteiger partial charge in [0.25, 0.3) is 0 Å². The molecular weight excluding hydrogens is 215 g/mol. The average Bonchev–Trinajstić information content (AvgIpc) is 2.47. The van der Waals surface area contributed by atoms with Gasteiger partial charge in [-0.1, -0.05) is 11.6 Å². The lowest BCUT2D eigenvalue weighted by atomic mass is 10.3. The van der Waals surface area contributed by atoms with Crippen LogP contribution in [0.15, 0.2) is 24.3 Å². The summed E-state index contributed by atoms with van der Waals surface area (Å²) < 4.78 is 14.4. The number of benzene rings is 1. The van der Waals surface area contributed by atoms with Crippen molar-refractivity contribution >= 4 is 11.6 Å². The minimum absolute atomic E-state index is 0.258. The Morgan fingerprint density at radius 3 is 2.27 bits per heavy atom. The molecule has 0 saturated carbocycles. The topological polar surface area (TPSA) is 17.8 Å². The van der Waals surface area contributed by atoms with E-state index in [0.717, 1.165) is 17.1 Å². The van der Waals surface area contributed by atoms with Crippen LogP contribution in [0.25, 0.3) is 5.69 Å². The maximum atomic E-state index is 12.7. The predicted octanol–water partition coefficient (Wildman–Crippen LogP) is 3.28. The molecule has 0 radical (unpaired) electrons. The van der Waals surface area contributed by atoms with Gasteiger partial charge in [0.1, 0.15) is 5.82 Å². The summed E-state index contributed by atoms with van der Waals surface area (Å²) in [4.78, 5) is 0. The molecular formula is C11H10ClFN2. The first kappa shape index (κ1) is 10.2. The van der Waals surface area contributed by atoms with Crippen molar-refractivity contribution in [3.8, 4) is 5.69 Å². The Balaban J connectivity index is 2.54. The quantitative estimate of drug-likeness (QED) is 0.727. The minimum Gasteiger partial charge on any atom is -0.236 e. The normalized spacial score (nSPS) is 10.7. The van der Waals surface area contributed by atoms with Crippen LogP contribution in [0, 0.1) is 19.7 Å². The van der Waals surface area contributed by atoms with Crippen molar-refractivity contribution in [1.29, 1.82) is 0 Å². The Morgan fingerprint density at radius 2 is 1.80 bits per heavy atom. The molecule has 15 heavy (non-hydrogen) atoms. The molecule has 0 spiro atoms. The molecule has 0 N–H and O–H groups in total. The van der Waals surface area contributed by atoms with Gasteiger partial charge in [-0.3, -0.25) is 0 Å². The van der Waals surface area contributed by atoms with Crippen LogP contribution >= 0.6 is 11.6 Å². The highest BCUT2D eigenvalue weighted by molar-refractivity contribution is 6.31. The van der Waals surface area contributed by atoms with Crippen molar-refractivity contribution < 1.29 is 4.39 Å². The first-order chi connectivity index (χ1) is 7.09. The van der Waals surface area contributed by atoms with Gasteiger partial charge in [0, 0.05) is 0 Å². The van der Waals surface area contributed by atoms with Crippen LogP contribution in [-0.2, 0) is 0 Å². The molecule has 1 heterocycles. The second-order valence-electron chi connectivity index (χ2n) is 3.37. The maximum absolute atomic E-state index is 12.7. The lowest BCUT2D eigenvalue weighted by molar-refractivity contribution is 0.627. The van der Waals surface area contributed by atoms with Crippen molar-refractivity contribution in [3.05, 3.63) is 46.5 Å². The summed E-state index contributed by atoms with van der Waals surface area (Å²) in [5.74, 6) is -0.258. The van der Waals surface area contributed by atoms with Crippen LogP contribution in [-0.4, -0.2) is 9.78 Å². The Hall–Kier alpha value is -1.35. The second kappa shape index (κ2) is 3.66. The fourth-order valence-electron chi connectivity index (χ4n) is 1.46. The van der Waals surface area contributed by atoms with E-state index >= 15 is 0 Å². The molecule has 0 fully saturated rings. The van der Waals surface area contributed by atoms with E-state index < -0.39 is 0 Å². The fourth-order valence-corrected chi connectivity index (χ4v) is 1.58. The van der Waals surface area contributed by atoms with E-state index in [1.54, 1.807) is 16.8 Å². The third-order valence-electron chi connectivity index (χ3n) is 2.27. The van der Waals surface area contributed by atoms with Gasteiger partial charge in [-0.2, -0.15) is 5.10 Å². The van der Waals surface area contributed by atoms with E-state index in [-0.39, 0.29) is 5.82 Å². The molecule has 1 aromatic heterocycles. The highest BCUT2D eigenvalue weighted by Gasteiger charge is 2.10. The summed E-state index contributed by atoms with van der Waals surface area (Å²) in [6.07, 6.45) is 0. The van der Waals surface area contributed by atoms with Crippen molar-refractivity contribution in [2.45, 2.75) is 13.8 Å². The third-order valence-corrected chi connectivity index (χ3v) is 2.82. The van der Waals surface area contributed by atoms with Crippen molar-refractivity contribution in [1.82, 2.24) is 9.78 Å². The molecule has 1 aromatic carbocycles. The van der Waals surface area contributed by atoms with Crippen LogP contribution in [0.1, 0.15) is 11.4 Å². The number of aromatic nitrogens is 2. The molecule has 0 atom stereocenters. The summed E-state index contributed by atoms with van der Waals surface area (Å²) in [7, 11) is 0. The highest BCUT2D eigenvalue weighted by atomic mass is 35.5. The summed E-state index contributed by atoms with van der Waals surface area (Å²) >= 11 is 6.02. The van der Waals surface area contributed by atoms with Crippen molar-refractivity contribution in [2.75, 3.05) is 0 Å². The van der Waals surface area contributed by atoms with Crippen LogP contribution in [0.5, 0.6) is 0 Å². The van der Waals surface area contributed by atoms with Gasteiger partial charge in [0.05, 0.1) is 22.1 Å². The predicted molar refractivity (Wildman–Crippen MR) is 58.0 cm³/mol. The molecule has 78 valence electrons. The minimum atomic E-state index is -0.258. The number of aryl methyl sites for hydroxylation is 1. The number of halogens is 2. The summed E-state index contributed by atoms with van der Waals surface area (Å²) in [6.45, 7) is 3.72. The van der Waals surface area contributed by atoms with Gasteiger partial charge in [-0.05, 0) is 38.1 Å². The number of nitrogens with zero attached hydrogens (tertiary/aromatic N) is 2. The molecule has 0 aliphatic carbocycles. The maximum Gasteiger partial charge on any atom is 0.123 e. The molecule has 0 bridgehead atoms. The van der Waals surface area contributed by atoms with E-state index in [1.165, 1.54) is 12.1 Å². The van der Waals surface area contributed by atoms with Crippen LogP contribution in [0.3, 0.4) is 0 Å². The first-order valence-electron chi connectivity index (χ1n) is 4.57. The van der Waals surface area contributed by atoms with Crippen LogP contribution < -0.4 is 0 Å². The van der Waals surface area contributed by atoms with Crippen LogP contribution in [0.2, 0.25) is 5.02 Å². The van der Waals surface area contributed by atoms with E-state index in [1.807, 2.05) is 13.8 Å². The molecule has 0 aliphatic rings. The van der Waals surface area contributed by atoms with Gasteiger partial charge < -0.3 is 0 Å².